The van der Waals surface area contributed by atoms with Crippen LogP contribution in [0.5, 0.6) is 17.2 Å². The number of rotatable bonds is 1. The first-order valence-electron chi connectivity index (χ1n) is 15.8. The van der Waals surface area contributed by atoms with Gasteiger partial charge in [0.2, 0.25) is 0 Å². The number of fused-ring (bicyclic) bond motifs is 6. The van der Waals surface area contributed by atoms with Crippen molar-refractivity contribution in [1.82, 2.24) is 5.32 Å². The molecule has 1 aliphatic rings. The molecular weight excluding hydrogens is 582 g/mol. The molecule has 0 spiro atoms. The third kappa shape index (κ3) is 7.98. The Balaban J connectivity index is 1.98. The van der Waals surface area contributed by atoms with Crippen molar-refractivity contribution in [3.8, 4) is 17.2 Å². The first-order valence-corrected chi connectivity index (χ1v) is 16.8. The zero-order valence-corrected chi connectivity index (χ0v) is 29.5. The van der Waals surface area contributed by atoms with E-state index in [0.717, 1.165) is 50.1 Å². The van der Waals surface area contributed by atoms with Gasteiger partial charge in [-0.2, -0.15) is 0 Å². The predicted octanol–water partition coefficient (Wildman–Crippen LogP) is 7.76. The van der Waals surface area contributed by atoms with E-state index in [0.29, 0.717) is 31.7 Å². The first kappa shape index (κ1) is 34.7. The number of methoxy groups -OCH3 is 1. The van der Waals surface area contributed by atoms with Crippen molar-refractivity contribution in [2.75, 3.05) is 13.7 Å². The molecule has 0 aliphatic carbocycles. The lowest BCUT2D eigenvalue weighted by Gasteiger charge is -2.25. The molecule has 6 bridgehead atoms. The maximum Gasteiger partial charge on any atom is 0.320 e. The van der Waals surface area contributed by atoms with Crippen LogP contribution in [0, 0.1) is 0 Å². The van der Waals surface area contributed by atoms with Crippen LogP contribution in [-0.2, 0) is 50.9 Å². The maximum absolute atomic E-state index is 12.8. The lowest BCUT2D eigenvalue weighted by molar-refractivity contribution is -0.139. The molecule has 4 N–H and O–H groups in total. The minimum atomic E-state index is -0.521. The molecule has 4 rings (SSSR count). The summed E-state index contributed by atoms with van der Waals surface area (Å²) in [5.74, 6) is 0.593. The average Bonchev–Trinajstić information content (AvgIpc) is 2.93. The lowest BCUT2D eigenvalue weighted by Crippen LogP contribution is -2.32. The predicted molar refractivity (Wildman–Crippen MR) is 185 cm³/mol. The largest absolute Gasteiger partial charge is 0.507 e. The van der Waals surface area contributed by atoms with E-state index < -0.39 is 5.25 Å². The molecule has 0 unspecified atom stereocenters. The van der Waals surface area contributed by atoms with Gasteiger partial charge in [-0.3, -0.25) is 4.79 Å². The average molecular weight is 634 g/mol. The Bertz CT molecular complexity index is 1570. The molecule has 3 aromatic rings. The van der Waals surface area contributed by atoms with Gasteiger partial charge in [0.15, 0.2) is 0 Å². The van der Waals surface area contributed by atoms with E-state index in [-0.39, 0.29) is 39.5 Å². The topological polar surface area (TPSA) is 99.0 Å². The Labute approximate surface area is 273 Å². The maximum atomic E-state index is 12.8. The summed E-state index contributed by atoms with van der Waals surface area (Å²) < 4.78 is 5.14. The number of benzene rings is 3. The van der Waals surface area contributed by atoms with Crippen LogP contribution in [0.4, 0.5) is 0 Å². The van der Waals surface area contributed by atoms with Crippen molar-refractivity contribution in [2.24, 2.45) is 0 Å². The number of ether oxygens (including phenoxy) is 1. The fourth-order valence-electron chi connectivity index (χ4n) is 5.64. The minimum Gasteiger partial charge on any atom is -0.507 e. The summed E-state index contributed by atoms with van der Waals surface area (Å²) in [6, 6.07) is 12.2. The van der Waals surface area contributed by atoms with Gasteiger partial charge in [-0.1, -0.05) is 98.7 Å². The summed E-state index contributed by atoms with van der Waals surface area (Å²) in [5, 5.41) is 37.8. The number of nitrogens with one attached hydrogen (secondary N) is 1. The van der Waals surface area contributed by atoms with Crippen LogP contribution >= 0.6 is 11.8 Å². The Morgan fingerprint density at radius 3 is 1.42 bits per heavy atom. The molecule has 45 heavy (non-hydrogen) atoms. The molecule has 244 valence electrons. The van der Waals surface area contributed by atoms with Crippen molar-refractivity contribution in [1.29, 1.82) is 0 Å². The van der Waals surface area contributed by atoms with E-state index in [4.69, 9.17) is 4.74 Å². The van der Waals surface area contributed by atoms with Crippen LogP contribution in [0.2, 0.25) is 0 Å². The summed E-state index contributed by atoms with van der Waals surface area (Å²) in [4.78, 5) is 12.8. The number of phenolic OH excluding ortho intramolecular Hbond substituents is 3. The van der Waals surface area contributed by atoms with Crippen LogP contribution in [0.25, 0.3) is 0 Å². The number of carbonyl (C=O) groups is 1. The molecule has 0 fully saturated rings. The van der Waals surface area contributed by atoms with Crippen molar-refractivity contribution >= 4 is 17.7 Å². The van der Waals surface area contributed by atoms with Gasteiger partial charge in [-0.05, 0) is 55.2 Å². The van der Waals surface area contributed by atoms with Crippen molar-refractivity contribution in [3.05, 3.63) is 86.5 Å². The molecule has 7 heteroatoms. The van der Waals surface area contributed by atoms with Crippen LogP contribution < -0.4 is 5.32 Å². The molecule has 0 saturated heterocycles. The fourth-order valence-corrected chi connectivity index (χ4v) is 6.71. The molecule has 1 heterocycles. The van der Waals surface area contributed by atoms with Crippen LogP contribution in [-0.4, -0.2) is 40.2 Å². The highest BCUT2D eigenvalue weighted by atomic mass is 32.2. The molecule has 1 atom stereocenters. The third-order valence-electron chi connectivity index (χ3n) is 8.71. The molecule has 1 aliphatic heterocycles. The SMILES string of the molecule is COC(=O)[C@@H]1CNCc2cc(C(C)(C)C)cc(c2O)Cc2cc(C(C)(C)C)cc(c2O)Cc2cc(C(C)(C)C)cc(c2O)CS1. The summed E-state index contributed by atoms with van der Waals surface area (Å²) >= 11 is 1.42. The van der Waals surface area contributed by atoms with E-state index in [9.17, 15) is 20.1 Å². The first-order chi connectivity index (χ1) is 20.8. The van der Waals surface area contributed by atoms with Crippen LogP contribution in [0.3, 0.4) is 0 Å². The van der Waals surface area contributed by atoms with E-state index in [1.807, 2.05) is 36.4 Å². The van der Waals surface area contributed by atoms with Crippen molar-refractivity contribution < 1.29 is 24.9 Å². The monoisotopic (exact) mass is 633 g/mol. The lowest BCUT2D eigenvalue weighted by atomic mass is 9.81. The van der Waals surface area contributed by atoms with Gasteiger partial charge in [0, 0.05) is 42.8 Å². The van der Waals surface area contributed by atoms with Gasteiger partial charge in [0.1, 0.15) is 22.5 Å². The van der Waals surface area contributed by atoms with Crippen LogP contribution in [0.15, 0.2) is 36.4 Å². The Morgan fingerprint density at radius 2 is 1.02 bits per heavy atom. The summed E-state index contributed by atoms with van der Waals surface area (Å²) in [5.41, 5.74) is 7.05. The molecule has 0 saturated carbocycles. The van der Waals surface area contributed by atoms with Gasteiger partial charge < -0.3 is 25.4 Å². The summed E-state index contributed by atoms with van der Waals surface area (Å²) in [6.45, 7) is 20.0. The second-order valence-electron chi connectivity index (χ2n) is 15.5. The molecule has 3 aromatic carbocycles. The van der Waals surface area contributed by atoms with Gasteiger partial charge in [0.05, 0.1) is 7.11 Å². The number of esters is 1. The number of hydrogen-bond acceptors (Lipinski definition) is 7. The smallest absolute Gasteiger partial charge is 0.320 e. The highest BCUT2D eigenvalue weighted by molar-refractivity contribution is 7.99. The zero-order chi connectivity index (χ0) is 33.5. The van der Waals surface area contributed by atoms with Crippen molar-refractivity contribution in [2.45, 2.75) is 109 Å². The zero-order valence-electron chi connectivity index (χ0n) is 28.6. The molecular formula is C38H51NO5S. The van der Waals surface area contributed by atoms with Gasteiger partial charge in [-0.15, -0.1) is 11.8 Å². The van der Waals surface area contributed by atoms with Gasteiger partial charge in [0.25, 0.3) is 0 Å². The highest BCUT2D eigenvalue weighted by Crippen LogP contribution is 2.40. The number of aromatic hydroxyl groups is 3. The molecule has 0 radical (unpaired) electrons. The van der Waals surface area contributed by atoms with E-state index in [2.05, 4.69) is 67.6 Å². The summed E-state index contributed by atoms with van der Waals surface area (Å²) in [7, 11) is 1.39. The molecule has 6 nitrogen and oxygen atoms in total. The van der Waals surface area contributed by atoms with Crippen LogP contribution in [0.1, 0.15) is 112 Å². The fraction of sp³-hybridized carbons (Fsp3) is 0.500. The Morgan fingerprint density at radius 1 is 0.667 bits per heavy atom. The summed E-state index contributed by atoms with van der Waals surface area (Å²) in [6.07, 6.45) is 0.669. The minimum absolute atomic E-state index is 0.173. The second-order valence-corrected chi connectivity index (χ2v) is 16.7. The molecule has 0 amide bonds. The Hall–Kier alpha value is -3.16. The number of carbonyl (C=O) groups excluding carboxylic acids is 1. The van der Waals surface area contributed by atoms with Crippen molar-refractivity contribution in [3.63, 3.8) is 0 Å². The number of phenols is 3. The molecule has 0 aromatic heterocycles. The van der Waals surface area contributed by atoms with Gasteiger partial charge in [-0.25, -0.2) is 0 Å². The van der Waals surface area contributed by atoms with E-state index in [1.54, 1.807) is 0 Å². The number of thioether (sulfide) groups is 1. The number of hydrogen-bond donors (Lipinski definition) is 4. The standard InChI is InChI=1S/C38H51NO5S/c1-36(2,3)28-13-22-11-24-15-29(37(4,5)6)17-26(33(24)41)19-39-20-31(35(43)44-10)45-21-27-18-30(38(7,8)9)16-25(34(27)42)12-23(14-28)32(22)40/h13-18,31,39-42H,11-12,19-21H2,1-10H3/t31-/m0/s1. The highest BCUT2D eigenvalue weighted by Gasteiger charge is 2.27. The van der Waals surface area contributed by atoms with E-state index >= 15 is 0 Å². The second kappa shape index (κ2) is 12.9. The van der Waals surface area contributed by atoms with E-state index in [1.165, 1.54) is 18.9 Å². The normalized spacial score (nSPS) is 16.6. The van der Waals surface area contributed by atoms with Gasteiger partial charge >= 0.3 is 5.97 Å². The quantitative estimate of drug-likeness (QED) is 0.203. The Kier molecular flexibility index (Phi) is 9.96. The third-order valence-corrected chi connectivity index (χ3v) is 9.95.